The average Bonchev–Trinajstić information content (AvgIpc) is 3.35. The number of benzene rings is 1. The summed E-state index contributed by atoms with van der Waals surface area (Å²) in [6.45, 7) is 1.54. The molecule has 2 fully saturated rings. The number of hydrogen-bond acceptors (Lipinski definition) is 3. The van der Waals surface area contributed by atoms with Gasteiger partial charge in [-0.25, -0.2) is 0 Å². The van der Waals surface area contributed by atoms with E-state index in [9.17, 15) is 14.7 Å². The molecular weight excluding hydrogens is 304 g/mol. The maximum absolute atomic E-state index is 12.7. The number of amides is 2. The van der Waals surface area contributed by atoms with Crippen molar-refractivity contribution >= 4 is 11.8 Å². The number of aliphatic hydroxyl groups excluding tert-OH is 1. The molecule has 0 aliphatic heterocycles. The van der Waals surface area contributed by atoms with E-state index in [0.717, 1.165) is 31.2 Å². The maximum Gasteiger partial charge on any atom is 0.245 e. The van der Waals surface area contributed by atoms with Gasteiger partial charge in [0.1, 0.15) is 6.04 Å². The Hall–Kier alpha value is -1.88. The molecule has 3 N–H and O–H groups in total. The van der Waals surface area contributed by atoms with Crippen LogP contribution in [0.3, 0.4) is 0 Å². The lowest BCUT2D eigenvalue weighted by atomic mass is 9.77. The molecular formula is C19H26N2O3. The number of carbonyl (C=O) groups is 2. The van der Waals surface area contributed by atoms with Crippen molar-refractivity contribution in [2.24, 2.45) is 11.8 Å². The van der Waals surface area contributed by atoms with Crippen LogP contribution in [-0.2, 0) is 9.59 Å². The average molecular weight is 330 g/mol. The van der Waals surface area contributed by atoms with Crippen LogP contribution in [0.1, 0.15) is 50.6 Å². The smallest absolute Gasteiger partial charge is 0.245 e. The summed E-state index contributed by atoms with van der Waals surface area (Å²) in [5.41, 5.74) is 1.08. The van der Waals surface area contributed by atoms with Crippen LogP contribution in [0.2, 0.25) is 0 Å². The fourth-order valence-electron chi connectivity index (χ4n) is 3.17. The van der Waals surface area contributed by atoms with Gasteiger partial charge in [-0.3, -0.25) is 9.59 Å². The van der Waals surface area contributed by atoms with Gasteiger partial charge in [-0.15, -0.1) is 0 Å². The van der Waals surface area contributed by atoms with Crippen molar-refractivity contribution in [1.82, 2.24) is 10.6 Å². The number of carbonyl (C=O) groups excluding carboxylic acids is 2. The molecule has 24 heavy (non-hydrogen) atoms. The van der Waals surface area contributed by atoms with Gasteiger partial charge in [-0.2, -0.15) is 0 Å². The van der Waals surface area contributed by atoms with E-state index in [4.69, 9.17) is 0 Å². The maximum atomic E-state index is 12.7. The van der Waals surface area contributed by atoms with E-state index >= 15 is 0 Å². The van der Waals surface area contributed by atoms with Crippen LogP contribution in [0.15, 0.2) is 30.3 Å². The molecule has 1 aromatic carbocycles. The Balaban J connectivity index is 1.69. The minimum atomic E-state index is -0.925. The minimum Gasteiger partial charge on any atom is -0.391 e. The Bertz CT molecular complexity index is 580. The highest BCUT2D eigenvalue weighted by molar-refractivity contribution is 5.90. The van der Waals surface area contributed by atoms with Gasteiger partial charge in [0.05, 0.1) is 12.1 Å². The normalized spacial score (nSPS) is 21.2. The molecule has 0 saturated heterocycles. The molecule has 1 aromatic rings. The second-order valence-corrected chi connectivity index (χ2v) is 7.09. The molecule has 2 aliphatic rings. The predicted molar refractivity (Wildman–Crippen MR) is 91.0 cm³/mol. The molecule has 0 aromatic heterocycles. The highest BCUT2D eigenvalue weighted by atomic mass is 16.3. The highest BCUT2D eigenvalue weighted by Crippen LogP contribution is 2.37. The van der Waals surface area contributed by atoms with E-state index in [1.54, 1.807) is 0 Å². The molecule has 2 amide bonds. The van der Waals surface area contributed by atoms with Gasteiger partial charge >= 0.3 is 0 Å². The van der Waals surface area contributed by atoms with E-state index in [1.807, 2.05) is 30.3 Å². The molecule has 3 atom stereocenters. The third kappa shape index (κ3) is 3.96. The molecule has 0 bridgehead atoms. The summed E-state index contributed by atoms with van der Waals surface area (Å²) in [6.07, 6.45) is 4.18. The SMILES string of the molecule is CC(O)C(NC(=O)C1CC1)C(=O)NC(c1ccccc1)C1CCC1. The summed E-state index contributed by atoms with van der Waals surface area (Å²) in [7, 11) is 0. The summed E-state index contributed by atoms with van der Waals surface area (Å²) < 4.78 is 0. The topological polar surface area (TPSA) is 78.4 Å². The Morgan fingerprint density at radius 1 is 1.08 bits per heavy atom. The van der Waals surface area contributed by atoms with Gasteiger partial charge < -0.3 is 15.7 Å². The molecule has 2 aliphatic carbocycles. The Morgan fingerprint density at radius 3 is 2.25 bits per heavy atom. The first-order chi connectivity index (χ1) is 11.6. The summed E-state index contributed by atoms with van der Waals surface area (Å²) in [5.74, 6) is -0.00329. The van der Waals surface area contributed by atoms with Crippen molar-refractivity contribution in [2.45, 2.75) is 57.2 Å². The first-order valence-corrected chi connectivity index (χ1v) is 8.90. The van der Waals surface area contributed by atoms with Crippen LogP contribution in [0, 0.1) is 11.8 Å². The second-order valence-electron chi connectivity index (χ2n) is 7.09. The van der Waals surface area contributed by atoms with Gasteiger partial charge in [0.25, 0.3) is 0 Å². The first-order valence-electron chi connectivity index (χ1n) is 8.90. The first kappa shape index (κ1) is 17.0. The summed E-state index contributed by atoms with van der Waals surface area (Å²) in [5, 5.41) is 15.7. The fourth-order valence-corrected chi connectivity index (χ4v) is 3.17. The molecule has 3 unspecified atom stereocenters. The molecule has 0 heterocycles. The van der Waals surface area contributed by atoms with Gasteiger partial charge in [-0.1, -0.05) is 36.8 Å². The molecule has 5 heteroatoms. The van der Waals surface area contributed by atoms with Gasteiger partial charge in [0.2, 0.25) is 11.8 Å². The third-order valence-corrected chi connectivity index (χ3v) is 5.09. The van der Waals surface area contributed by atoms with Crippen LogP contribution in [-0.4, -0.2) is 29.1 Å². The largest absolute Gasteiger partial charge is 0.391 e. The lowest BCUT2D eigenvalue weighted by Gasteiger charge is -2.36. The Labute approximate surface area is 142 Å². The Kier molecular flexibility index (Phi) is 5.19. The number of rotatable bonds is 7. The quantitative estimate of drug-likeness (QED) is 0.715. The molecule has 5 nitrogen and oxygen atoms in total. The van der Waals surface area contributed by atoms with Crippen molar-refractivity contribution in [2.75, 3.05) is 0 Å². The number of aliphatic hydroxyl groups is 1. The van der Waals surface area contributed by atoms with Gasteiger partial charge in [-0.05, 0) is 44.1 Å². The lowest BCUT2D eigenvalue weighted by Crippen LogP contribution is -2.54. The van der Waals surface area contributed by atoms with Crippen molar-refractivity contribution in [3.05, 3.63) is 35.9 Å². The zero-order chi connectivity index (χ0) is 17.1. The minimum absolute atomic E-state index is 0.00982. The zero-order valence-corrected chi connectivity index (χ0v) is 14.1. The van der Waals surface area contributed by atoms with Gasteiger partial charge in [0, 0.05) is 5.92 Å². The van der Waals surface area contributed by atoms with Crippen LogP contribution < -0.4 is 10.6 Å². The van der Waals surface area contributed by atoms with Gasteiger partial charge in [0.15, 0.2) is 0 Å². The van der Waals surface area contributed by atoms with Crippen LogP contribution in [0.5, 0.6) is 0 Å². The predicted octanol–water partition coefficient (Wildman–Crippen LogP) is 1.92. The van der Waals surface area contributed by atoms with Crippen molar-refractivity contribution in [3.8, 4) is 0 Å². The van der Waals surface area contributed by atoms with E-state index in [1.165, 1.54) is 13.3 Å². The van der Waals surface area contributed by atoms with E-state index in [0.29, 0.717) is 5.92 Å². The molecule has 0 spiro atoms. The Morgan fingerprint density at radius 2 is 1.75 bits per heavy atom. The molecule has 0 radical (unpaired) electrons. The van der Waals surface area contributed by atoms with E-state index < -0.39 is 12.1 Å². The fraction of sp³-hybridized carbons (Fsp3) is 0.579. The zero-order valence-electron chi connectivity index (χ0n) is 14.1. The van der Waals surface area contributed by atoms with Crippen LogP contribution in [0.4, 0.5) is 0 Å². The van der Waals surface area contributed by atoms with Crippen molar-refractivity contribution in [1.29, 1.82) is 0 Å². The van der Waals surface area contributed by atoms with Crippen molar-refractivity contribution in [3.63, 3.8) is 0 Å². The van der Waals surface area contributed by atoms with E-state index in [-0.39, 0.29) is 23.8 Å². The van der Waals surface area contributed by atoms with Crippen LogP contribution in [0.25, 0.3) is 0 Å². The van der Waals surface area contributed by atoms with E-state index in [2.05, 4.69) is 10.6 Å². The molecule has 2 saturated carbocycles. The standard InChI is InChI=1S/C19H26N2O3/c1-12(22)16(20-18(23)15-10-11-15)19(24)21-17(14-8-5-9-14)13-6-3-2-4-7-13/h2-4,6-7,12,14-17,22H,5,8-11H2,1H3,(H,20,23)(H,21,24). The molecule has 130 valence electrons. The monoisotopic (exact) mass is 330 g/mol. The third-order valence-electron chi connectivity index (χ3n) is 5.09. The number of nitrogens with one attached hydrogen (secondary N) is 2. The second kappa shape index (κ2) is 7.34. The summed E-state index contributed by atoms with van der Waals surface area (Å²) >= 11 is 0. The highest BCUT2D eigenvalue weighted by Gasteiger charge is 2.36. The van der Waals surface area contributed by atoms with Crippen molar-refractivity contribution < 1.29 is 14.7 Å². The van der Waals surface area contributed by atoms with Crippen LogP contribution >= 0.6 is 0 Å². The summed E-state index contributed by atoms with van der Waals surface area (Å²) in [6, 6.07) is 8.96. The lowest BCUT2D eigenvalue weighted by molar-refractivity contribution is -0.133. The number of hydrogen-bond donors (Lipinski definition) is 3. The summed E-state index contributed by atoms with van der Waals surface area (Å²) in [4.78, 5) is 24.7. The molecule has 3 rings (SSSR count).